The molecule has 0 aromatic heterocycles. The van der Waals surface area contributed by atoms with Crippen LogP contribution in [0, 0.1) is 10.1 Å². The van der Waals surface area contributed by atoms with Crippen LogP contribution in [0.3, 0.4) is 0 Å². The lowest BCUT2D eigenvalue weighted by atomic mass is 9.92. The molecule has 0 aliphatic rings. The highest BCUT2D eigenvalue weighted by atomic mass is 79.9. The maximum Gasteiger partial charge on any atom is 0.269 e. The Hall–Kier alpha value is -1.04. The fourth-order valence-corrected chi connectivity index (χ4v) is 2.11. The summed E-state index contributed by atoms with van der Waals surface area (Å²) in [6.45, 7) is 3.78. The lowest BCUT2D eigenvalue weighted by Gasteiger charge is -2.20. The van der Waals surface area contributed by atoms with Crippen molar-refractivity contribution in [1.29, 1.82) is 0 Å². The Labute approximate surface area is 112 Å². The molecule has 0 amide bonds. The van der Waals surface area contributed by atoms with Gasteiger partial charge in [0.05, 0.1) is 4.92 Å². The summed E-state index contributed by atoms with van der Waals surface area (Å²) in [5.74, 6) is -0.125. The number of rotatable bonds is 5. The molecule has 0 aliphatic carbocycles. The van der Waals surface area contributed by atoms with E-state index in [2.05, 4.69) is 15.9 Å². The van der Waals surface area contributed by atoms with Gasteiger partial charge in [0.15, 0.2) is 0 Å². The Balaban J connectivity index is 3.23. The normalized spacial score (nSPS) is 14.6. The number of benzene rings is 1. The molecular weight excluding hydrogens is 308 g/mol. The minimum Gasteiger partial charge on any atom is -0.258 e. The van der Waals surface area contributed by atoms with Crippen LogP contribution in [0.4, 0.5) is 14.5 Å². The van der Waals surface area contributed by atoms with Crippen molar-refractivity contribution in [3.8, 4) is 0 Å². The van der Waals surface area contributed by atoms with E-state index in [1.54, 1.807) is 0 Å². The quantitative estimate of drug-likeness (QED) is 0.443. The summed E-state index contributed by atoms with van der Waals surface area (Å²) in [5, 5.41) is 10.6. The molecule has 3 nitrogen and oxygen atoms in total. The van der Waals surface area contributed by atoms with Crippen LogP contribution in [0.5, 0.6) is 0 Å². The van der Waals surface area contributed by atoms with Gasteiger partial charge in [-0.1, -0.05) is 35.8 Å². The summed E-state index contributed by atoms with van der Waals surface area (Å²) in [7, 11) is 0. The molecule has 18 heavy (non-hydrogen) atoms. The number of hydrogen-bond donors (Lipinski definition) is 0. The molecule has 0 bridgehead atoms. The summed E-state index contributed by atoms with van der Waals surface area (Å²) in [5.41, 5.74) is -0.0993. The lowest BCUT2D eigenvalue weighted by molar-refractivity contribution is -0.385. The van der Waals surface area contributed by atoms with E-state index in [4.69, 9.17) is 0 Å². The molecule has 0 spiro atoms. The average molecular weight is 322 g/mol. The van der Waals surface area contributed by atoms with Gasteiger partial charge >= 0.3 is 0 Å². The summed E-state index contributed by atoms with van der Waals surface area (Å²) < 4.78 is 25.9. The fourth-order valence-electron chi connectivity index (χ4n) is 1.83. The zero-order valence-corrected chi connectivity index (χ0v) is 11.7. The summed E-state index contributed by atoms with van der Waals surface area (Å²) in [4.78, 5) is 10.0. The summed E-state index contributed by atoms with van der Waals surface area (Å²) in [6.07, 6.45) is -1.92. The van der Waals surface area contributed by atoms with Gasteiger partial charge in [-0.05, 0) is 17.9 Å². The van der Waals surface area contributed by atoms with Gasteiger partial charge in [0.1, 0.15) is 0 Å². The second kappa shape index (κ2) is 6.22. The predicted octanol–water partition coefficient (Wildman–Crippen LogP) is 4.81. The summed E-state index contributed by atoms with van der Waals surface area (Å²) >= 11 is 3.43. The van der Waals surface area contributed by atoms with Crippen molar-refractivity contribution in [2.45, 2.75) is 37.4 Å². The molecule has 100 valence electrons. The molecule has 0 fully saturated rings. The molecule has 6 heteroatoms. The Kier molecular flexibility index (Phi) is 5.19. The first-order valence-electron chi connectivity index (χ1n) is 5.58. The van der Waals surface area contributed by atoms with Crippen molar-refractivity contribution in [3.05, 3.63) is 39.4 Å². The standard InChI is InChI=1S/C12H14BrF2NO2/c1-3-11(13)7(2)9-5-4-8(16(17)18)6-10(9)12(14)15/h4-7,11-12H,3H2,1-2H3. The Morgan fingerprint density at radius 3 is 2.44 bits per heavy atom. The molecule has 0 radical (unpaired) electrons. The van der Waals surface area contributed by atoms with Gasteiger partial charge < -0.3 is 0 Å². The zero-order valence-electron chi connectivity index (χ0n) is 10.1. The number of halogens is 3. The Morgan fingerprint density at radius 2 is 2.00 bits per heavy atom. The van der Waals surface area contributed by atoms with Crippen LogP contribution in [0.1, 0.15) is 43.7 Å². The van der Waals surface area contributed by atoms with Gasteiger partial charge in [-0.25, -0.2) is 8.78 Å². The van der Waals surface area contributed by atoms with E-state index in [0.29, 0.717) is 5.56 Å². The maximum absolute atomic E-state index is 13.0. The fraction of sp³-hybridized carbons (Fsp3) is 0.500. The van der Waals surface area contributed by atoms with Crippen molar-refractivity contribution in [2.24, 2.45) is 0 Å². The monoisotopic (exact) mass is 321 g/mol. The molecule has 0 saturated carbocycles. The molecule has 0 N–H and O–H groups in total. The van der Waals surface area contributed by atoms with E-state index in [1.807, 2.05) is 13.8 Å². The topological polar surface area (TPSA) is 43.1 Å². The van der Waals surface area contributed by atoms with Crippen molar-refractivity contribution in [1.82, 2.24) is 0 Å². The van der Waals surface area contributed by atoms with Crippen LogP contribution in [-0.2, 0) is 0 Å². The first-order valence-corrected chi connectivity index (χ1v) is 6.50. The van der Waals surface area contributed by atoms with E-state index >= 15 is 0 Å². The molecule has 2 unspecified atom stereocenters. The number of nitro benzene ring substituents is 1. The highest BCUT2D eigenvalue weighted by molar-refractivity contribution is 9.09. The first-order chi connectivity index (χ1) is 8.38. The van der Waals surface area contributed by atoms with Crippen molar-refractivity contribution >= 4 is 21.6 Å². The van der Waals surface area contributed by atoms with Gasteiger partial charge in [0.2, 0.25) is 0 Å². The third-order valence-corrected chi connectivity index (χ3v) is 4.38. The van der Waals surface area contributed by atoms with Crippen molar-refractivity contribution in [2.75, 3.05) is 0 Å². The van der Waals surface area contributed by atoms with E-state index in [9.17, 15) is 18.9 Å². The molecular formula is C12H14BrF2NO2. The van der Waals surface area contributed by atoms with Crippen molar-refractivity contribution < 1.29 is 13.7 Å². The van der Waals surface area contributed by atoms with Crippen LogP contribution in [-0.4, -0.2) is 9.75 Å². The van der Waals surface area contributed by atoms with E-state index in [-0.39, 0.29) is 22.0 Å². The third-order valence-electron chi connectivity index (χ3n) is 2.94. The SMILES string of the molecule is CCC(Br)C(C)c1ccc([N+](=O)[O-])cc1C(F)F. The number of alkyl halides is 3. The minimum absolute atomic E-state index is 0.0662. The Bertz CT molecular complexity index is 440. The third kappa shape index (κ3) is 3.25. The van der Waals surface area contributed by atoms with Gasteiger partial charge in [0, 0.05) is 22.5 Å². The number of hydrogen-bond acceptors (Lipinski definition) is 2. The second-order valence-electron chi connectivity index (χ2n) is 4.08. The highest BCUT2D eigenvalue weighted by Gasteiger charge is 2.24. The minimum atomic E-state index is -2.71. The van der Waals surface area contributed by atoms with Crippen LogP contribution in [0.25, 0.3) is 0 Å². The smallest absolute Gasteiger partial charge is 0.258 e. The van der Waals surface area contributed by atoms with Gasteiger partial charge in [0.25, 0.3) is 12.1 Å². The highest BCUT2D eigenvalue weighted by Crippen LogP contribution is 2.35. The van der Waals surface area contributed by atoms with E-state index in [1.165, 1.54) is 12.1 Å². The van der Waals surface area contributed by atoms with Gasteiger partial charge in [-0.15, -0.1) is 0 Å². The van der Waals surface area contributed by atoms with Crippen LogP contribution in [0.15, 0.2) is 18.2 Å². The van der Waals surface area contributed by atoms with Crippen LogP contribution in [0.2, 0.25) is 0 Å². The molecule has 2 atom stereocenters. The maximum atomic E-state index is 13.0. The molecule has 1 aromatic carbocycles. The molecule has 1 rings (SSSR count). The largest absolute Gasteiger partial charge is 0.269 e. The average Bonchev–Trinajstić information content (AvgIpc) is 2.35. The molecule has 0 saturated heterocycles. The lowest BCUT2D eigenvalue weighted by Crippen LogP contribution is -2.11. The zero-order chi connectivity index (χ0) is 13.9. The number of non-ortho nitro benzene ring substituents is 1. The van der Waals surface area contributed by atoms with Gasteiger partial charge in [-0.2, -0.15) is 0 Å². The van der Waals surface area contributed by atoms with E-state index in [0.717, 1.165) is 12.5 Å². The van der Waals surface area contributed by atoms with Crippen LogP contribution < -0.4 is 0 Å². The predicted molar refractivity (Wildman–Crippen MR) is 69.5 cm³/mol. The number of nitrogens with zero attached hydrogens (tertiary/aromatic N) is 1. The molecule has 0 aliphatic heterocycles. The van der Waals surface area contributed by atoms with Gasteiger partial charge in [-0.3, -0.25) is 10.1 Å². The van der Waals surface area contributed by atoms with Crippen molar-refractivity contribution in [3.63, 3.8) is 0 Å². The molecule has 0 heterocycles. The first kappa shape index (κ1) is 15.0. The molecule has 1 aromatic rings. The Morgan fingerprint density at radius 1 is 1.39 bits per heavy atom. The second-order valence-corrected chi connectivity index (χ2v) is 5.26. The summed E-state index contributed by atoms with van der Waals surface area (Å²) in [6, 6.07) is 3.66. The number of nitro groups is 1. The van der Waals surface area contributed by atoms with E-state index < -0.39 is 11.3 Å². The van der Waals surface area contributed by atoms with Crippen LogP contribution >= 0.6 is 15.9 Å².